The summed E-state index contributed by atoms with van der Waals surface area (Å²) in [5.41, 5.74) is 5.08. The number of benzene rings is 2. The zero-order chi connectivity index (χ0) is 16.4. The van der Waals surface area contributed by atoms with E-state index >= 15 is 0 Å². The van der Waals surface area contributed by atoms with Crippen molar-refractivity contribution >= 4 is 17.3 Å². The van der Waals surface area contributed by atoms with Gasteiger partial charge >= 0.3 is 0 Å². The first-order chi connectivity index (χ1) is 11.8. The largest absolute Gasteiger partial charge is 0.371 e. The van der Waals surface area contributed by atoms with Gasteiger partial charge < -0.3 is 10.2 Å². The Morgan fingerprint density at radius 1 is 0.958 bits per heavy atom. The van der Waals surface area contributed by atoms with Crippen LogP contribution in [0.15, 0.2) is 48.5 Å². The summed E-state index contributed by atoms with van der Waals surface area (Å²) < 4.78 is 0. The maximum Gasteiger partial charge on any atom is 0.227 e. The molecule has 0 aromatic heterocycles. The lowest BCUT2D eigenvalue weighted by Crippen LogP contribution is -2.38. The number of piperidine rings is 1. The Bertz CT molecular complexity index is 718. The third-order valence-corrected chi connectivity index (χ3v) is 5.35. The zero-order valence-electron chi connectivity index (χ0n) is 14.0. The highest BCUT2D eigenvalue weighted by Crippen LogP contribution is 2.27. The Hall–Kier alpha value is -2.29. The summed E-state index contributed by atoms with van der Waals surface area (Å²) in [6.45, 7) is 1.90. The fourth-order valence-electron chi connectivity index (χ4n) is 3.93. The Balaban J connectivity index is 1.35. The molecule has 1 aliphatic heterocycles. The van der Waals surface area contributed by atoms with Crippen molar-refractivity contribution in [2.75, 3.05) is 23.3 Å². The second kappa shape index (κ2) is 6.68. The standard InChI is InChI=1S/C21H24N2O/c24-21(22-19-10-9-16-5-4-6-18(16)15-19)17-11-13-23(14-12-17)20-7-2-1-3-8-20/h1-3,7-10,15,17H,4-6,11-14H2,(H,22,24). The number of hydrogen-bond acceptors (Lipinski definition) is 2. The number of nitrogens with zero attached hydrogens (tertiary/aromatic N) is 1. The van der Waals surface area contributed by atoms with Crippen LogP contribution < -0.4 is 10.2 Å². The topological polar surface area (TPSA) is 32.3 Å². The van der Waals surface area contributed by atoms with Crippen LogP contribution >= 0.6 is 0 Å². The number of carbonyl (C=O) groups excluding carboxylic acids is 1. The van der Waals surface area contributed by atoms with E-state index in [4.69, 9.17) is 0 Å². The van der Waals surface area contributed by atoms with Crippen LogP contribution in [-0.4, -0.2) is 19.0 Å². The second-order valence-electron chi connectivity index (χ2n) is 6.92. The van der Waals surface area contributed by atoms with E-state index in [2.05, 4.69) is 52.7 Å². The summed E-state index contributed by atoms with van der Waals surface area (Å²) in [6.07, 6.45) is 5.41. The van der Waals surface area contributed by atoms with Gasteiger partial charge in [-0.2, -0.15) is 0 Å². The minimum atomic E-state index is 0.123. The molecule has 1 heterocycles. The van der Waals surface area contributed by atoms with Crippen molar-refractivity contribution in [1.82, 2.24) is 0 Å². The van der Waals surface area contributed by atoms with Crippen molar-refractivity contribution in [3.8, 4) is 0 Å². The number of amides is 1. The first-order valence-electron chi connectivity index (χ1n) is 9.02. The van der Waals surface area contributed by atoms with Gasteiger partial charge in [0, 0.05) is 30.4 Å². The predicted octanol–water partition coefficient (Wildman–Crippen LogP) is 4.03. The van der Waals surface area contributed by atoms with Crippen molar-refractivity contribution in [3.63, 3.8) is 0 Å². The van der Waals surface area contributed by atoms with Gasteiger partial charge in [-0.15, -0.1) is 0 Å². The van der Waals surface area contributed by atoms with Gasteiger partial charge in [0.25, 0.3) is 0 Å². The highest BCUT2D eigenvalue weighted by atomic mass is 16.1. The molecule has 124 valence electrons. The number of carbonyl (C=O) groups is 1. The average molecular weight is 320 g/mol. The minimum Gasteiger partial charge on any atom is -0.371 e. The number of aryl methyl sites for hydroxylation is 2. The van der Waals surface area contributed by atoms with E-state index in [-0.39, 0.29) is 11.8 Å². The summed E-state index contributed by atoms with van der Waals surface area (Å²) >= 11 is 0. The molecule has 0 saturated carbocycles. The van der Waals surface area contributed by atoms with E-state index in [1.54, 1.807) is 0 Å². The Kier molecular flexibility index (Phi) is 4.24. The molecule has 2 aliphatic rings. The number of fused-ring (bicyclic) bond motifs is 1. The molecule has 1 fully saturated rings. The van der Waals surface area contributed by atoms with Gasteiger partial charge in [0.2, 0.25) is 5.91 Å². The van der Waals surface area contributed by atoms with Crippen LogP contribution in [0, 0.1) is 5.92 Å². The second-order valence-corrected chi connectivity index (χ2v) is 6.92. The third kappa shape index (κ3) is 3.16. The summed E-state index contributed by atoms with van der Waals surface area (Å²) in [7, 11) is 0. The quantitative estimate of drug-likeness (QED) is 0.926. The van der Waals surface area contributed by atoms with Crippen LogP contribution in [0.5, 0.6) is 0 Å². The maximum atomic E-state index is 12.6. The fourth-order valence-corrected chi connectivity index (χ4v) is 3.93. The van der Waals surface area contributed by atoms with Crippen LogP contribution in [0.2, 0.25) is 0 Å². The number of para-hydroxylation sites is 1. The van der Waals surface area contributed by atoms with Crippen LogP contribution in [0.4, 0.5) is 11.4 Å². The van der Waals surface area contributed by atoms with E-state index in [0.717, 1.165) is 38.0 Å². The Labute approximate surface area is 143 Å². The molecule has 1 N–H and O–H groups in total. The van der Waals surface area contributed by atoms with Crippen LogP contribution in [0.1, 0.15) is 30.4 Å². The van der Waals surface area contributed by atoms with E-state index in [1.165, 1.54) is 29.7 Å². The lowest BCUT2D eigenvalue weighted by atomic mass is 9.95. The maximum absolute atomic E-state index is 12.6. The van der Waals surface area contributed by atoms with Gasteiger partial charge in [-0.25, -0.2) is 0 Å². The zero-order valence-corrected chi connectivity index (χ0v) is 14.0. The molecule has 24 heavy (non-hydrogen) atoms. The number of nitrogens with one attached hydrogen (secondary N) is 1. The predicted molar refractivity (Wildman–Crippen MR) is 98.5 cm³/mol. The van der Waals surface area contributed by atoms with Gasteiger partial charge in [-0.3, -0.25) is 4.79 Å². The summed E-state index contributed by atoms with van der Waals surface area (Å²) in [4.78, 5) is 15.0. The average Bonchev–Trinajstić information content (AvgIpc) is 3.10. The monoisotopic (exact) mass is 320 g/mol. The molecule has 0 atom stereocenters. The smallest absolute Gasteiger partial charge is 0.227 e. The van der Waals surface area contributed by atoms with Gasteiger partial charge in [-0.1, -0.05) is 24.3 Å². The number of hydrogen-bond donors (Lipinski definition) is 1. The highest BCUT2D eigenvalue weighted by molar-refractivity contribution is 5.92. The normalized spacial score (nSPS) is 17.6. The molecule has 1 saturated heterocycles. The van der Waals surface area contributed by atoms with Crippen LogP contribution in [0.25, 0.3) is 0 Å². The molecule has 2 aromatic rings. The molecule has 1 aliphatic carbocycles. The molecule has 0 radical (unpaired) electrons. The lowest BCUT2D eigenvalue weighted by molar-refractivity contribution is -0.120. The molecule has 3 nitrogen and oxygen atoms in total. The molecule has 4 rings (SSSR count). The molecular formula is C21H24N2O. The van der Waals surface area contributed by atoms with Crippen LogP contribution in [-0.2, 0) is 17.6 Å². The molecular weight excluding hydrogens is 296 g/mol. The summed E-state index contributed by atoms with van der Waals surface area (Å²) in [5, 5.41) is 3.14. The highest BCUT2D eigenvalue weighted by Gasteiger charge is 2.25. The van der Waals surface area contributed by atoms with Crippen molar-refractivity contribution in [2.45, 2.75) is 32.1 Å². The van der Waals surface area contributed by atoms with E-state index in [0.29, 0.717) is 0 Å². The molecule has 1 amide bonds. The summed E-state index contributed by atoms with van der Waals surface area (Å²) in [5.74, 6) is 0.305. The van der Waals surface area contributed by atoms with Crippen molar-refractivity contribution in [1.29, 1.82) is 0 Å². The van der Waals surface area contributed by atoms with E-state index in [9.17, 15) is 4.79 Å². The number of anilines is 2. The Morgan fingerprint density at radius 3 is 2.50 bits per heavy atom. The Morgan fingerprint density at radius 2 is 1.71 bits per heavy atom. The molecule has 3 heteroatoms. The van der Waals surface area contributed by atoms with Crippen molar-refractivity contribution in [2.24, 2.45) is 5.92 Å². The van der Waals surface area contributed by atoms with Crippen molar-refractivity contribution in [3.05, 3.63) is 59.7 Å². The van der Waals surface area contributed by atoms with Crippen molar-refractivity contribution < 1.29 is 4.79 Å². The van der Waals surface area contributed by atoms with Gasteiger partial charge in [0.15, 0.2) is 0 Å². The fraction of sp³-hybridized carbons (Fsp3) is 0.381. The lowest BCUT2D eigenvalue weighted by Gasteiger charge is -2.33. The SMILES string of the molecule is O=C(Nc1ccc2c(c1)CCC2)C1CCN(c2ccccc2)CC1. The number of rotatable bonds is 3. The van der Waals surface area contributed by atoms with E-state index < -0.39 is 0 Å². The molecule has 0 unspecified atom stereocenters. The van der Waals surface area contributed by atoms with Gasteiger partial charge in [-0.05, 0) is 67.5 Å². The molecule has 2 aromatic carbocycles. The van der Waals surface area contributed by atoms with Crippen LogP contribution in [0.3, 0.4) is 0 Å². The molecule has 0 spiro atoms. The van der Waals surface area contributed by atoms with E-state index in [1.807, 2.05) is 6.07 Å². The van der Waals surface area contributed by atoms with Gasteiger partial charge in [0.1, 0.15) is 0 Å². The third-order valence-electron chi connectivity index (χ3n) is 5.35. The summed E-state index contributed by atoms with van der Waals surface area (Å²) in [6, 6.07) is 16.9. The molecule has 0 bridgehead atoms. The first kappa shape index (κ1) is 15.3. The van der Waals surface area contributed by atoms with Gasteiger partial charge in [0.05, 0.1) is 0 Å². The first-order valence-corrected chi connectivity index (χ1v) is 9.02. The minimum absolute atomic E-state index is 0.123.